The molecule has 0 aliphatic rings. The lowest BCUT2D eigenvalue weighted by Gasteiger charge is -2.17. The molecule has 10 heteroatoms. The van der Waals surface area contributed by atoms with Crippen molar-refractivity contribution in [3.05, 3.63) is 95.6 Å². The second-order valence-electron chi connectivity index (χ2n) is 7.95. The molecule has 0 fully saturated rings. The molecule has 7 nitrogen and oxygen atoms in total. The van der Waals surface area contributed by atoms with Crippen LogP contribution >= 0.6 is 11.8 Å². The van der Waals surface area contributed by atoms with Gasteiger partial charge in [0.25, 0.3) is 0 Å². The highest BCUT2D eigenvalue weighted by Crippen LogP contribution is 2.29. The summed E-state index contributed by atoms with van der Waals surface area (Å²) in [4.78, 5) is -0.0280. The van der Waals surface area contributed by atoms with Gasteiger partial charge in [0, 0.05) is 11.4 Å². The van der Waals surface area contributed by atoms with E-state index in [0.29, 0.717) is 16.7 Å². The van der Waals surface area contributed by atoms with Crippen LogP contribution in [0.15, 0.2) is 82.8 Å². The summed E-state index contributed by atoms with van der Waals surface area (Å²) in [5.74, 6) is 1.32. The summed E-state index contributed by atoms with van der Waals surface area (Å²) in [7, 11) is -2.28. The van der Waals surface area contributed by atoms with E-state index in [9.17, 15) is 12.8 Å². The monoisotopic (exact) mass is 512 g/mol. The van der Waals surface area contributed by atoms with Crippen LogP contribution in [0.1, 0.15) is 29.9 Å². The number of methoxy groups -OCH3 is 1. The quantitative estimate of drug-likeness (QED) is 0.316. The number of aryl methyl sites for hydroxylation is 1. The van der Waals surface area contributed by atoms with Gasteiger partial charge >= 0.3 is 0 Å². The second-order valence-corrected chi connectivity index (χ2v) is 10.6. The van der Waals surface area contributed by atoms with E-state index in [1.54, 1.807) is 14.0 Å². The van der Waals surface area contributed by atoms with Crippen molar-refractivity contribution in [3.8, 4) is 11.4 Å². The molecule has 0 saturated carbocycles. The number of rotatable bonds is 9. The molecule has 1 aromatic heterocycles. The van der Waals surface area contributed by atoms with Gasteiger partial charge < -0.3 is 4.74 Å². The van der Waals surface area contributed by atoms with Crippen LogP contribution in [0.5, 0.6) is 5.75 Å². The Morgan fingerprint density at radius 2 is 1.77 bits per heavy atom. The number of hydrogen-bond donors (Lipinski definition) is 1. The maximum atomic E-state index is 13.3. The number of hydrogen-bond acceptors (Lipinski definition) is 6. The number of nitrogens with zero attached hydrogens (tertiary/aromatic N) is 3. The molecular formula is C25H25FN4O3S2. The van der Waals surface area contributed by atoms with E-state index >= 15 is 0 Å². The molecule has 182 valence electrons. The Bertz CT molecular complexity index is 1410. The molecule has 0 bridgehead atoms. The Balaban J connectivity index is 1.65. The molecule has 1 N–H and O–H groups in total. The van der Waals surface area contributed by atoms with Crippen LogP contribution in [0.25, 0.3) is 5.69 Å². The summed E-state index contributed by atoms with van der Waals surface area (Å²) in [6, 6.07) is 19.6. The van der Waals surface area contributed by atoms with Crippen LogP contribution in [0.2, 0.25) is 0 Å². The first-order valence-electron chi connectivity index (χ1n) is 10.8. The van der Waals surface area contributed by atoms with E-state index in [2.05, 4.69) is 14.9 Å². The smallest absolute Gasteiger partial charge is 0.241 e. The maximum absolute atomic E-state index is 13.3. The number of halogens is 1. The average Bonchev–Trinajstić information content (AvgIpc) is 3.27. The van der Waals surface area contributed by atoms with Crippen molar-refractivity contribution in [3.63, 3.8) is 0 Å². The van der Waals surface area contributed by atoms with Crippen molar-refractivity contribution in [2.45, 2.75) is 35.7 Å². The van der Waals surface area contributed by atoms with Gasteiger partial charge in [-0.25, -0.2) is 17.5 Å². The molecule has 0 amide bonds. The molecule has 0 aliphatic carbocycles. The van der Waals surface area contributed by atoms with E-state index < -0.39 is 21.9 Å². The van der Waals surface area contributed by atoms with Gasteiger partial charge in [-0.3, -0.25) is 4.57 Å². The minimum absolute atomic E-state index is 0.0280. The number of aromatic nitrogens is 3. The molecule has 4 aromatic rings. The minimum atomic E-state index is -3.90. The van der Waals surface area contributed by atoms with E-state index in [0.717, 1.165) is 34.7 Å². The first-order chi connectivity index (χ1) is 16.8. The summed E-state index contributed by atoms with van der Waals surface area (Å²) in [6.07, 6.45) is 0. The normalized spacial score (nSPS) is 12.5. The lowest BCUT2D eigenvalue weighted by atomic mass is 10.2. The van der Waals surface area contributed by atoms with Gasteiger partial charge in [0.1, 0.15) is 11.6 Å². The van der Waals surface area contributed by atoms with Gasteiger partial charge in [-0.15, -0.1) is 10.2 Å². The first kappa shape index (κ1) is 24.9. The molecule has 0 radical (unpaired) electrons. The summed E-state index contributed by atoms with van der Waals surface area (Å²) in [5.41, 5.74) is 2.97. The Morgan fingerprint density at radius 3 is 2.46 bits per heavy atom. The SMILES string of the molecule is COc1cccc(CSc2nnc(C(C)NS(=O)(=O)c3ccc(F)cc3)n2-c2ccc(C)cc2)c1. The Labute approximate surface area is 208 Å². The van der Waals surface area contributed by atoms with Crippen LogP contribution in [-0.2, 0) is 15.8 Å². The van der Waals surface area contributed by atoms with E-state index in [1.165, 1.54) is 23.9 Å². The highest BCUT2D eigenvalue weighted by Gasteiger charge is 2.25. The fourth-order valence-electron chi connectivity index (χ4n) is 3.47. The summed E-state index contributed by atoms with van der Waals surface area (Å²) in [6.45, 7) is 3.70. The van der Waals surface area contributed by atoms with Crippen LogP contribution < -0.4 is 9.46 Å². The van der Waals surface area contributed by atoms with Crippen LogP contribution in [-0.4, -0.2) is 30.3 Å². The summed E-state index contributed by atoms with van der Waals surface area (Å²) >= 11 is 1.49. The Morgan fingerprint density at radius 1 is 1.06 bits per heavy atom. The third kappa shape index (κ3) is 5.90. The van der Waals surface area contributed by atoms with Gasteiger partial charge in [0.15, 0.2) is 11.0 Å². The van der Waals surface area contributed by atoms with E-state index in [1.807, 2.05) is 60.0 Å². The molecule has 35 heavy (non-hydrogen) atoms. The minimum Gasteiger partial charge on any atom is -0.497 e. The fourth-order valence-corrected chi connectivity index (χ4v) is 5.57. The largest absolute Gasteiger partial charge is 0.497 e. The van der Waals surface area contributed by atoms with Crippen molar-refractivity contribution in [1.82, 2.24) is 19.5 Å². The lowest BCUT2D eigenvalue weighted by molar-refractivity contribution is 0.414. The molecule has 0 spiro atoms. The van der Waals surface area contributed by atoms with Gasteiger partial charge in [0.05, 0.1) is 18.0 Å². The average molecular weight is 513 g/mol. The second kappa shape index (κ2) is 10.6. The molecule has 0 saturated heterocycles. The zero-order valence-electron chi connectivity index (χ0n) is 19.5. The molecule has 0 aliphatic heterocycles. The van der Waals surface area contributed by atoms with Gasteiger partial charge in [-0.05, 0) is 67.9 Å². The topological polar surface area (TPSA) is 86.1 Å². The van der Waals surface area contributed by atoms with Crippen molar-refractivity contribution in [2.75, 3.05) is 7.11 Å². The molecule has 3 aromatic carbocycles. The zero-order chi connectivity index (χ0) is 25.0. The lowest BCUT2D eigenvalue weighted by Crippen LogP contribution is -2.28. The molecular weight excluding hydrogens is 487 g/mol. The van der Waals surface area contributed by atoms with Crippen molar-refractivity contribution < 1.29 is 17.5 Å². The van der Waals surface area contributed by atoms with Crippen molar-refractivity contribution in [2.24, 2.45) is 0 Å². The van der Waals surface area contributed by atoms with E-state index in [4.69, 9.17) is 4.74 Å². The predicted molar refractivity (Wildman–Crippen MR) is 134 cm³/mol. The molecule has 1 unspecified atom stereocenters. The Hall–Kier alpha value is -3.21. The molecule has 4 rings (SSSR count). The number of ether oxygens (including phenoxy) is 1. The maximum Gasteiger partial charge on any atom is 0.241 e. The zero-order valence-corrected chi connectivity index (χ0v) is 21.1. The van der Waals surface area contributed by atoms with E-state index in [-0.39, 0.29) is 4.90 Å². The summed E-state index contributed by atoms with van der Waals surface area (Å²) in [5, 5.41) is 9.33. The number of thioether (sulfide) groups is 1. The van der Waals surface area contributed by atoms with Crippen LogP contribution in [0.4, 0.5) is 4.39 Å². The summed E-state index contributed by atoms with van der Waals surface area (Å²) < 4.78 is 48.8. The molecule has 1 heterocycles. The standard InChI is InChI=1S/C25H25FN4O3S2/c1-17-7-11-21(12-8-17)30-24(18(2)29-35(31,32)23-13-9-20(26)10-14-23)27-28-25(30)34-16-19-5-4-6-22(15-19)33-3/h4-15,18,29H,16H2,1-3H3. The Kier molecular flexibility index (Phi) is 7.54. The van der Waals surface area contributed by atoms with Crippen molar-refractivity contribution in [1.29, 1.82) is 0 Å². The number of nitrogens with one attached hydrogen (secondary N) is 1. The number of sulfonamides is 1. The van der Waals surface area contributed by atoms with Gasteiger partial charge in [-0.2, -0.15) is 0 Å². The molecule has 1 atom stereocenters. The van der Waals surface area contributed by atoms with Gasteiger partial charge in [-0.1, -0.05) is 41.6 Å². The third-order valence-electron chi connectivity index (χ3n) is 5.30. The fraction of sp³-hybridized carbons (Fsp3) is 0.200. The highest BCUT2D eigenvalue weighted by molar-refractivity contribution is 7.98. The van der Waals surface area contributed by atoms with Crippen LogP contribution in [0.3, 0.4) is 0 Å². The predicted octanol–water partition coefficient (Wildman–Crippen LogP) is 5.06. The van der Waals surface area contributed by atoms with Crippen LogP contribution in [0, 0.1) is 12.7 Å². The van der Waals surface area contributed by atoms with Crippen molar-refractivity contribution >= 4 is 21.8 Å². The third-order valence-corrected chi connectivity index (χ3v) is 7.85. The highest BCUT2D eigenvalue weighted by atomic mass is 32.2. The number of benzene rings is 3. The van der Waals surface area contributed by atoms with Gasteiger partial charge in [0.2, 0.25) is 10.0 Å². The first-order valence-corrected chi connectivity index (χ1v) is 13.3.